The average molecular weight is 288 g/mol. The molecular weight excluding hydrogens is 264 g/mol. The molecule has 2 rings (SSSR count). The van der Waals surface area contributed by atoms with Crippen LogP contribution in [0.1, 0.15) is 19.8 Å². The molecular formula is C13H24N2O3S. The number of rotatable bonds is 4. The SMILES string of the molecule is C[C@@H](CO[C@@H]1CCOC1)NC(=O)N1CCCSCC1. The van der Waals surface area contributed by atoms with Crippen molar-refractivity contribution in [1.82, 2.24) is 10.2 Å². The Kier molecular flexibility index (Phi) is 6.26. The fourth-order valence-corrected chi connectivity index (χ4v) is 3.10. The van der Waals surface area contributed by atoms with Crippen LogP contribution in [0.2, 0.25) is 0 Å². The van der Waals surface area contributed by atoms with Gasteiger partial charge in [-0.15, -0.1) is 0 Å². The monoisotopic (exact) mass is 288 g/mol. The van der Waals surface area contributed by atoms with E-state index in [0.717, 1.165) is 44.0 Å². The first kappa shape index (κ1) is 14.9. The van der Waals surface area contributed by atoms with Gasteiger partial charge in [-0.3, -0.25) is 0 Å². The number of hydrogen-bond acceptors (Lipinski definition) is 4. The van der Waals surface area contributed by atoms with Gasteiger partial charge < -0.3 is 19.7 Å². The predicted octanol–water partition coefficient (Wildman–Crippen LogP) is 1.33. The lowest BCUT2D eigenvalue weighted by Gasteiger charge is -2.24. The van der Waals surface area contributed by atoms with Gasteiger partial charge in [-0.2, -0.15) is 11.8 Å². The van der Waals surface area contributed by atoms with Gasteiger partial charge in [0.2, 0.25) is 0 Å². The van der Waals surface area contributed by atoms with Crippen LogP contribution < -0.4 is 5.32 Å². The van der Waals surface area contributed by atoms with Crippen molar-refractivity contribution in [1.29, 1.82) is 0 Å². The Morgan fingerprint density at radius 2 is 2.42 bits per heavy atom. The maximum Gasteiger partial charge on any atom is 0.317 e. The third-order valence-electron chi connectivity index (χ3n) is 3.35. The van der Waals surface area contributed by atoms with Crippen molar-refractivity contribution in [3.8, 4) is 0 Å². The van der Waals surface area contributed by atoms with Gasteiger partial charge in [0.25, 0.3) is 0 Å². The molecule has 1 N–H and O–H groups in total. The highest BCUT2D eigenvalue weighted by atomic mass is 32.2. The zero-order valence-electron chi connectivity index (χ0n) is 11.6. The Balaban J connectivity index is 1.65. The number of thioether (sulfide) groups is 1. The second-order valence-corrected chi connectivity index (χ2v) is 6.35. The molecule has 0 aromatic rings. The molecule has 0 aliphatic carbocycles. The fourth-order valence-electron chi connectivity index (χ4n) is 2.22. The molecule has 2 heterocycles. The standard InChI is InChI=1S/C13H24N2O3S/c1-11(9-18-12-3-6-17-10-12)14-13(16)15-4-2-7-19-8-5-15/h11-12H,2-10H2,1H3,(H,14,16)/t11-,12+/m0/s1. The lowest BCUT2D eigenvalue weighted by molar-refractivity contribution is 0.0331. The highest BCUT2D eigenvalue weighted by Gasteiger charge is 2.20. The molecule has 2 amide bonds. The van der Waals surface area contributed by atoms with E-state index in [1.54, 1.807) is 0 Å². The largest absolute Gasteiger partial charge is 0.379 e. The number of carbonyl (C=O) groups is 1. The maximum absolute atomic E-state index is 12.1. The van der Waals surface area contributed by atoms with Crippen LogP contribution in [-0.2, 0) is 9.47 Å². The number of nitrogens with one attached hydrogen (secondary N) is 1. The molecule has 2 fully saturated rings. The molecule has 2 aliphatic heterocycles. The van der Waals surface area contributed by atoms with E-state index in [1.165, 1.54) is 0 Å². The molecule has 19 heavy (non-hydrogen) atoms. The van der Waals surface area contributed by atoms with Gasteiger partial charge in [0, 0.05) is 25.4 Å². The van der Waals surface area contributed by atoms with Crippen molar-refractivity contribution in [3.05, 3.63) is 0 Å². The van der Waals surface area contributed by atoms with Gasteiger partial charge in [0.05, 0.1) is 25.4 Å². The number of nitrogens with zero attached hydrogens (tertiary/aromatic N) is 1. The van der Waals surface area contributed by atoms with Crippen LogP contribution in [0, 0.1) is 0 Å². The smallest absolute Gasteiger partial charge is 0.317 e. The lowest BCUT2D eigenvalue weighted by Crippen LogP contribution is -2.46. The number of ether oxygens (including phenoxy) is 2. The van der Waals surface area contributed by atoms with Gasteiger partial charge in [-0.25, -0.2) is 4.79 Å². The minimum atomic E-state index is 0.0428. The molecule has 2 aliphatic rings. The van der Waals surface area contributed by atoms with E-state index in [1.807, 2.05) is 23.6 Å². The summed E-state index contributed by atoms with van der Waals surface area (Å²) in [6.45, 7) is 5.73. The first-order valence-corrected chi connectivity index (χ1v) is 8.23. The van der Waals surface area contributed by atoms with Crippen LogP contribution in [0.25, 0.3) is 0 Å². The Labute approximate surface area is 119 Å². The second-order valence-electron chi connectivity index (χ2n) is 5.12. The van der Waals surface area contributed by atoms with E-state index in [9.17, 15) is 4.79 Å². The van der Waals surface area contributed by atoms with E-state index >= 15 is 0 Å². The number of carbonyl (C=O) groups excluding carboxylic acids is 1. The lowest BCUT2D eigenvalue weighted by atomic mass is 10.3. The number of hydrogen-bond donors (Lipinski definition) is 1. The summed E-state index contributed by atoms with van der Waals surface area (Å²) in [5.74, 6) is 2.20. The minimum absolute atomic E-state index is 0.0428. The van der Waals surface area contributed by atoms with Crippen molar-refractivity contribution in [2.45, 2.75) is 31.9 Å². The number of urea groups is 1. The molecule has 5 nitrogen and oxygen atoms in total. The molecule has 0 spiro atoms. The van der Waals surface area contributed by atoms with E-state index in [-0.39, 0.29) is 18.2 Å². The van der Waals surface area contributed by atoms with Crippen LogP contribution in [0.4, 0.5) is 4.79 Å². The summed E-state index contributed by atoms with van der Waals surface area (Å²) in [7, 11) is 0. The van der Waals surface area contributed by atoms with E-state index in [4.69, 9.17) is 9.47 Å². The Bertz CT molecular complexity index is 277. The van der Waals surface area contributed by atoms with Gasteiger partial charge in [-0.05, 0) is 25.5 Å². The van der Waals surface area contributed by atoms with Crippen molar-refractivity contribution in [2.24, 2.45) is 0 Å². The molecule has 2 saturated heterocycles. The van der Waals surface area contributed by atoms with Gasteiger partial charge >= 0.3 is 6.03 Å². The molecule has 0 aromatic carbocycles. The maximum atomic E-state index is 12.1. The van der Waals surface area contributed by atoms with Crippen LogP contribution in [0.15, 0.2) is 0 Å². The summed E-state index contributed by atoms with van der Waals surface area (Å²) in [4.78, 5) is 14.0. The van der Waals surface area contributed by atoms with Crippen molar-refractivity contribution >= 4 is 17.8 Å². The average Bonchev–Trinajstić information content (AvgIpc) is 2.76. The van der Waals surface area contributed by atoms with Crippen molar-refractivity contribution < 1.29 is 14.3 Å². The van der Waals surface area contributed by atoms with Gasteiger partial charge in [-0.1, -0.05) is 0 Å². The molecule has 110 valence electrons. The number of amides is 2. The second kappa shape index (κ2) is 7.97. The third kappa shape index (κ3) is 5.20. The molecule has 6 heteroatoms. The molecule has 2 atom stereocenters. The summed E-state index contributed by atoms with van der Waals surface area (Å²) in [6, 6.07) is 0.0882. The highest BCUT2D eigenvalue weighted by Crippen LogP contribution is 2.11. The Morgan fingerprint density at radius 3 is 3.21 bits per heavy atom. The summed E-state index contributed by atoms with van der Waals surface area (Å²) >= 11 is 1.92. The van der Waals surface area contributed by atoms with E-state index in [0.29, 0.717) is 13.2 Å². The van der Waals surface area contributed by atoms with Crippen molar-refractivity contribution in [3.63, 3.8) is 0 Å². The van der Waals surface area contributed by atoms with E-state index in [2.05, 4.69) is 5.32 Å². The normalized spacial score (nSPS) is 25.9. The molecule has 0 saturated carbocycles. The zero-order chi connectivity index (χ0) is 13.5. The zero-order valence-corrected chi connectivity index (χ0v) is 12.4. The summed E-state index contributed by atoms with van der Waals surface area (Å²) in [5, 5.41) is 3.01. The topological polar surface area (TPSA) is 50.8 Å². The predicted molar refractivity (Wildman–Crippen MR) is 76.7 cm³/mol. The molecule has 0 aromatic heterocycles. The summed E-state index contributed by atoms with van der Waals surface area (Å²) in [6.07, 6.45) is 2.25. The van der Waals surface area contributed by atoms with Gasteiger partial charge in [0.15, 0.2) is 0 Å². The molecule has 0 bridgehead atoms. The first-order chi connectivity index (χ1) is 9.25. The minimum Gasteiger partial charge on any atom is -0.379 e. The van der Waals surface area contributed by atoms with E-state index < -0.39 is 0 Å². The summed E-state index contributed by atoms with van der Waals surface area (Å²) in [5.41, 5.74) is 0. The van der Waals surface area contributed by atoms with Crippen LogP contribution in [0.5, 0.6) is 0 Å². The van der Waals surface area contributed by atoms with Crippen LogP contribution in [-0.4, -0.2) is 67.5 Å². The summed E-state index contributed by atoms with van der Waals surface area (Å²) < 4.78 is 11.0. The first-order valence-electron chi connectivity index (χ1n) is 7.08. The fraction of sp³-hybridized carbons (Fsp3) is 0.923. The van der Waals surface area contributed by atoms with Crippen molar-refractivity contribution in [2.75, 3.05) is 44.4 Å². The molecule has 0 unspecified atom stereocenters. The quantitative estimate of drug-likeness (QED) is 0.848. The van der Waals surface area contributed by atoms with Gasteiger partial charge in [0.1, 0.15) is 0 Å². The van der Waals surface area contributed by atoms with Crippen LogP contribution >= 0.6 is 11.8 Å². The Morgan fingerprint density at radius 1 is 1.53 bits per heavy atom. The highest BCUT2D eigenvalue weighted by molar-refractivity contribution is 7.99. The van der Waals surface area contributed by atoms with Crippen LogP contribution in [0.3, 0.4) is 0 Å². The molecule has 0 radical (unpaired) electrons. The third-order valence-corrected chi connectivity index (χ3v) is 4.40. The Hall–Kier alpha value is -0.460.